The van der Waals surface area contributed by atoms with Crippen molar-refractivity contribution < 1.29 is 4.74 Å². The summed E-state index contributed by atoms with van der Waals surface area (Å²) in [6.45, 7) is 7.83. The van der Waals surface area contributed by atoms with Crippen LogP contribution in [0.5, 0.6) is 5.75 Å². The fourth-order valence-electron chi connectivity index (χ4n) is 2.14. The topological polar surface area (TPSA) is 21.3 Å². The minimum Gasteiger partial charge on any atom is -0.495 e. The molecule has 0 atom stereocenters. The third-order valence-electron chi connectivity index (χ3n) is 3.46. The predicted molar refractivity (Wildman–Crippen MR) is 94.8 cm³/mol. The zero-order chi connectivity index (χ0) is 15.5. The van der Waals surface area contributed by atoms with E-state index in [0.29, 0.717) is 5.02 Å². The molecule has 2 aromatic carbocycles. The Hall–Kier alpha value is -1.45. The quantitative estimate of drug-likeness (QED) is 0.819. The highest BCUT2D eigenvalue weighted by molar-refractivity contribution is 6.88. The fourth-order valence-corrected chi connectivity index (χ4v) is 3.48. The van der Waals surface area contributed by atoms with Crippen LogP contribution in [0.3, 0.4) is 0 Å². The summed E-state index contributed by atoms with van der Waals surface area (Å²) in [6.07, 6.45) is 0. The summed E-state index contributed by atoms with van der Waals surface area (Å²) in [6, 6.07) is 14.5. The van der Waals surface area contributed by atoms with E-state index < -0.39 is 8.07 Å². The second kappa shape index (κ2) is 6.54. The van der Waals surface area contributed by atoms with Crippen molar-refractivity contribution >= 4 is 30.5 Å². The number of methoxy groups -OCH3 is 1. The molecule has 2 rings (SSSR count). The van der Waals surface area contributed by atoms with E-state index in [1.807, 2.05) is 18.2 Å². The molecule has 1 N–H and O–H groups in total. The number of halogens is 1. The first kappa shape index (κ1) is 15.9. The molecule has 0 unspecified atom stereocenters. The van der Waals surface area contributed by atoms with Crippen LogP contribution in [0.2, 0.25) is 24.7 Å². The minimum atomic E-state index is -1.22. The Balaban J connectivity index is 2.08. The van der Waals surface area contributed by atoms with Crippen LogP contribution in [0.25, 0.3) is 0 Å². The van der Waals surface area contributed by atoms with E-state index in [1.165, 1.54) is 10.8 Å². The van der Waals surface area contributed by atoms with E-state index in [4.69, 9.17) is 16.3 Å². The Morgan fingerprint density at radius 1 is 1.05 bits per heavy atom. The Morgan fingerprint density at radius 3 is 2.29 bits per heavy atom. The van der Waals surface area contributed by atoms with E-state index in [1.54, 1.807) is 7.11 Å². The maximum absolute atomic E-state index is 6.04. The zero-order valence-electron chi connectivity index (χ0n) is 13.0. The highest BCUT2D eigenvalue weighted by Gasteiger charge is 2.15. The van der Waals surface area contributed by atoms with Crippen LogP contribution in [-0.4, -0.2) is 15.2 Å². The molecule has 0 spiro atoms. The second-order valence-corrected chi connectivity index (χ2v) is 11.7. The molecule has 0 aliphatic carbocycles. The standard InChI is InChI=1S/C17H22ClNOSi/c1-20-17-10-7-14(18)11-16(17)19-12-13-5-8-15(9-6-13)21(2,3)4/h5-11,19H,12H2,1-4H3. The molecule has 0 saturated carbocycles. The maximum Gasteiger partial charge on any atom is 0.142 e. The molecule has 112 valence electrons. The van der Waals surface area contributed by atoms with E-state index >= 15 is 0 Å². The molecule has 4 heteroatoms. The van der Waals surface area contributed by atoms with Gasteiger partial charge in [-0.25, -0.2) is 0 Å². The van der Waals surface area contributed by atoms with Crippen molar-refractivity contribution in [3.05, 3.63) is 53.1 Å². The van der Waals surface area contributed by atoms with Crippen LogP contribution in [0.4, 0.5) is 5.69 Å². The summed E-state index contributed by atoms with van der Waals surface area (Å²) in [5.41, 5.74) is 2.17. The Bertz CT molecular complexity index is 605. The fraction of sp³-hybridized carbons (Fsp3) is 0.294. The molecular formula is C17H22ClNOSi. The normalized spacial score (nSPS) is 11.3. The lowest BCUT2D eigenvalue weighted by Crippen LogP contribution is -2.37. The molecule has 0 bridgehead atoms. The molecule has 2 nitrogen and oxygen atoms in total. The van der Waals surface area contributed by atoms with Crippen LogP contribution in [0.1, 0.15) is 5.56 Å². The number of nitrogens with one attached hydrogen (secondary N) is 1. The summed E-state index contributed by atoms with van der Waals surface area (Å²) in [7, 11) is 0.441. The van der Waals surface area contributed by atoms with E-state index in [0.717, 1.165) is 18.0 Å². The van der Waals surface area contributed by atoms with Crippen molar-refractivity contribution in [3.8, 4) is 5.75 Å². The van der Waals surface area contributed by atoms with Crippen molar-refractivity contribution in [2.75, 3.05) is 12.4 Å². The highest BCUT2D eigenvalue weighted by atomic mass is 35.5. The third kappa shape index (κ3) is 4.25. The first-order valence-corrected chi connectivity index (χ1v) is 10.9. The average molecular weight is 320 g/mol. The molecule has 0 aliphatic heterocycles. The molecule has 0 heterocycles. The van der Waals surface area contributed by atoms with Gasteiger partial charge in [0.15, 0.2) is 0 Å². The van der Waals surface area contributed by atoms with E-state index in [2.05, 4.69) is 49.2 Å². The van der Waals surface area contributed by atoms with Gasteiger partial charge < -0.3 is 10.1 Å². The van der Waals surface area contributed by atoms with Crippen LogP contribution < -0.4 is 15.2 Å². The van der Waals surface area contributed by atoms with Gasteiger partial charge in [0.1, 0.15) is 5.75 Å². The molecule has 0 aliphatic rings. The number of ether oxygens (including phenoxy) is 1. The lowest BCUT2D eigenvalue weighted by atomic mass is 10.2. The highest BCUT2D eigenvalue weighted by Crippen LogP contribution is 2.28. The number of anilines is 1. The van der Waals surface area contributed by atoms with Gasteiger partial charge >= 0.3 is 0 Å². The van der Waals surface area contributed by atoms with Crippen molar-refractivity contribution in [1.82, 2.24) is 0 Å². The first-order chi connectivity index (χ1) is 9.90. The van der Waals surface area contributed by atoms with E-state index in [-0.39, 0.29) is 0 Å². The maximum atomic E-state index is 6.04. The van der Waals surface area contributed by atoms with Gasteiger partial charge in [0.25, 0.3) is 0 Å². The van der Waals surface area contributed by atoms with Gasteiger partial charge in [-0.3, -0.25) is 0 Å². The summed E-state index contributed by atoms with van der Waals surface area (Å²) in [5, 5.41) is 5.56. The molecular weight excluding hydrogens is 298 g/mol. The summed E-state index contributed by atoms with van der Waals surface area (Å²) < 4.78 is 5.34. The van der Waals surface area contributed by atoms with Gasteiger partial charge in [0.2, 0.25) is 0 Å². The summed E-state index contributed by atoms with van der Waals surface area (Å²) >= 11 is 6.04. The van der Waals surface area contributed by atoms with Crippen molar-refractivity contribution in [1.29, 1.82) is 0 Å². The van der Waals surface area contributed by atoms with Crippen LogP contribution in [-0.2, 0) is 6.54 Å². The average Bonchev–Trinajstić information content (AvgIpc) is 2.45. The summed E-state index contributed by atoms with van der Waals surface area (Å²) in [5.74, 6) is 0.804. The number of hydrogen-bond donors (Lipinski definition) is 1. The monoisotopic (exact) mass is 319 g/mol. The molecule has 0 fully saturated rings. The number of hydrogen-bond acceptors (Lipinski definition) is 2. The third-order valence-corrected chi connectivity index (χ3v) is 5.76. The minimum absolute atomic E-state index is 0.701. The van der Waals surface area contributed by atoms with Crippen LogP contribution in [0.15, 0.2) is 42.5 Å². The largest absolute Gasteiger partial charge is 0.495 e. The molecule has 0 radical (unpaired) electrons. The lowest BCUT2D eigenvalue weighted by Gasteiger charge is -2.17. The number of benzene rings is 2. The van der Waals surface area contributed by atoms with Crippen molar-refractivity contribution in [2.24, 2.45) is 0 Å². The zero-order valence-corrected chi connectivity index (χ0v) is 14.8. The molecule has 0 amide bonds. The number of rotatable bonds is 5. The summed E-state index contributed by atoms with van der Waals surface area (Å²) in [4.78, 5) is 0. The van der Waals surface area contributed by atoms with E-state index in [9.17, 15) is 0 Å². The van der Waals surface area contributed by atoms with Gasteiger partial charge in [-0.15, -0.1) is 0 Å². The lowest BCUT2D eigenvalue weighted by molar-refractivity contribution is 0.416. The van der Waals surface area contributed by atoms with Gasteiger partial charge in [-0.05, 0) is 23.8 Å². The SMILES string of the molecule is COc1ccc(Cl)cc1NCc1ccc([Si](C)(C)C)cc1. The molecule has 0 saturated heterocycles. The van der Waals surface area contributed by atoms with Gasteiger partial charge in [0.05, 0.1) is 20.9 Å². The van der Waals surface area contributed by atoms with Crippen molar-refractivity contribution in [3.63, 3.8) is 0 Å². The Kier molecular flexibility index (Phi) is 4.96. The van der Waals surface area contributed by atoms with Gasteiger partial charge in [-0.1, -0.05) is 60.7 Å². The Labute approximate surface area is 133 Å². The first-order valence-electron chi connectivity index (χ1n) is 7.07. The predicted octanol–water partition coefficient (Wildman–Crippen LogP) is 4.51. The van der Waals surface area contributed by atoms with Gasteiger partial charge in [0, 0.05) is 11.6 Å². The molecule has 21 heavy (non-hydrogen) atoms. The van der Waals surface area contributed by atoms with Crippen molar-refractivity contribution in [2.45, 2.75) is 26.2 Å². The van der Waals surface area contributed by atoms with Crippen LogP contribution >= 0.6 is 11.6 Å². The second-order valence-electron chi connectivity index (χ2n) is 6.15. The molecule has 2 aromatic rings. The smallest absolute Gasteiger partial charge is 0.142 e. The Morgan fingerprint density at radius 2 is 1.71 bits per heavy atom. The molecule has 0 aromatic heterocycles. The van der Waals surface area contributed by atoms with Crippen LogP contribution in [0, 0.1) is 0 Å². The van der Waals surface area contributed by atoms with Gasteiger partial charge in [-0.2, -0.15) is 0 Å².